The lowest BCUT2D eigenvalue weighted by Crippen LogP contribution is -2.15. The van der Waals surface area contributed by atoms with Gasteiger partial charge in [0.2, 0.25) is 0 Å². The van der Waals surface area contributed by atoms with Crippen molar-refractivity contribution in [1.82, 2.24) is 0 Å². The van der Waals surface area contributed by atoms with Crippen molar-refractivity contribution in [1.29, 1.82) is 0 Å². The van der Waals surface area contributed by atoms with Crippen LogP contribution >= 0.6 is 0 Å². The molecule has 1 aromatic carbocycles. The molecule has 0 amide bonds. The first-order valence-corrected chi connectivity index (χ1v) is 10.2. The Morgan fingerprint density at radius 1 is 1.21 bits per heavy atom. The van der Waals surface area contributed by atoms with E-state index in [1.54, 1.807) is 0 Å². The maximum atomic E-state index is 12.1. The number of rotatable bonds is 12. The second-order valence-corrected chi connectivity index (χ2v) is 7.34. The van der Waals surface area contributed by atoms with E-state index in [0.29, 0.717) is 26.1 Å². The predicted molar refractivity (Wildman–Crippen MR) is 115 cm³/mol. The van der Waals surface area contributed by atoms with Crippen LogP contribution in [0.5, 0.6) is 5.75 Å². The molecular weight excluding hydrogens is 352 g/mol. The smallest absolute Gasteiger partial charge is 0.313 e. The number of ether oxygens (including phenoxy) is 2. The van der Waals surface area contributed by atoms with E-state index in [4.69, 9.17) is 9.47 Å². The molecule has 1 N–H and O–H groups in total. The molecule has 0 aliphatic heterocycles. The number of carbonyl (C=O) groups excluding carboxylic acids is 1. The molecule has 0 aliphatic carbocycles. The Morgan fingerprint density at radius 2 is 1.96 bits per heavy atom. The molecule has 1 rings (SSSR count). The molecule has 0 bridgehead atoms. The van der Waals surface area contributed by atoms with E-state index >= 15 is 0 Å². The lowest BCUT2D eigenvalue weighted by Gasteiger charge is -2.17. The summed E-state index contributed by atoms with van der Waals surface area (Å²) in [5.41, 5.74) is 4.62. The van der Waals surface area contributed by atoms with Gasteiger partial charge in [0, 0.05) is 6.61 Å². The number of aliphatic hydroxyl groups excluding tert-OH is 1. The number of allylic oxidation sites excluding steroid dienone is 3. The van der Waals surface area contributed by atoms with Gasteiger partial charge in [0.15, 0.2) is 0 Å². The van der Waals surface area contributed by atoms with Gasteiger partial charge in [-0.2, -0.15) is 0 Å². The molecule has 28 heavy (non-hydrogen) atoms. The Labute approximate surface area is 170 Å². The van der Waals surface area contributed by atoms with Crippen LogP contribution in [0.3, 0.4) is 0 Å². The molecule has 1 unspecified atom stereocenters. The van der Waals surface area contributed by atoms with Gasteiger partial charge in [0.1, 0.15) is 12.4 Å². The fourth-order valence-electron chi connectivity index (χ4n) is 2.95. The highest BCUT2D eigenvalue weighted by molar-refractivity contribution is 5.78. The van der Waals surface area contributed by atoms with Crippen LogP contribution in [0.2, 0.25) is 0 Å². The first kappa shape index (κ1) is 24.0. The van der Waals surface area contributed by atoms with Gasteiger partial charge < -0.3 is 14.6 Å². The third kappa shape index (κ3) is 8.75. The van der Waals surface area contributed by atoms with Crippen molar-refractivity contribution in [2.45, 2.75) is 66.2 Å². The summed E-state index contributed by atoms with van der Waals surface area (Å²) in [5, 5.41) is 9.19. The normalized spacial score (nSPS) is 12.4. The van der Waals surface area contributed by atoms with E-state index in [9.17, 15) is 9.90 Å². The van der Waals surface area contributed by atoms with E-state index in [1.165, 1.54) is 11.1 Å². The summed E-state index contributed by atoms with van der Waals surface area (Å²) in [6.45, 7) is 11.0. The topological polar surface area (TPSA) is 55.8 Å². The van der Waals surface area contributed by atoms with Gasteiger partial charge in [-0.05, 0) is 89.6 Å². The Hall–Kier alpha value is -2.07. The molecule has 0 aromatic heterocycles. The number of aryl methyl sites for hydroxylation is 1. The van der Waals surface area contributed by atoms with Crippen molar-refractivity contribution in [3.05, 3.63) is 52.6 Å². The number of esters is 1. The predicted octanol–water partition coefficient (Wildman–Crippen LogP) is 5.35. The number of hydrogen-bond acceptors (Lipinski definition) is 4. The van der Waals surface area contributed by atoms with Crippen LogP contribution in [0.15, 0.2) is 41.5 Å². The molecule has 0 fully saturated rings. The number of hydrogen-bond donors (Lipinski definition) is 1. The van der Waals surface area contributed by atoms with Crippen molar-refractivity contribution in [2.24, 2.45) is 0 Å². The molecule has 0 saturated heterocycles. The average Bonchev–Trinajstić information content (AvgIpc) is 2.65. The van der Waals surface area contributed by atoms with Gasteiger partial charge in [-0.15, -0.1) is 0 Å². The molecule has 0 saturated carbocycles. The molecule has 156 valence electrons. The average molecular weight is 389 g/mol. The summed E-state index contributed by atoms with van der Waals surface area (Å²) in [6, 6.07) is 5.82. The molecule has 1 aromatic rings. The minimum absolute atomic E-state index is 0.117. The highest BCUT2D eigenvalue weighted by atomic mass is 16.5. The molecule has 0 heterocycles. The van der Waals surface area contributed by atoms with E-state index in [0.717, 1.165) is 29.7 Å². The molecule has 0 radical (unpaired) electrons. The van der Waals surface area contributed by atoms with E-state index in [2.05, 4.69) is 32.9 Å². The first-order chi connectivity index (χ1) is 13.4. The summed E-state index contributed by atoms with van der Waals surface area (Å²) in [7, 11) is 0. The largest absolute Gasteiger partial charge is 0.490 e. The molecule has 4 heteroatoms. The number of benzene rings is 1. The van der Waals surface area contributed by atoms with Gasteiger partial charge in [-0.25, -0.2) is 0 Å². The summed E-state index contributed by atoms with van der Waals surface area (Å²) >= 11 is 0. The first-order valence-electron chi connectivity index (χ1n) is 10.2. The van der Waals surface area contributed by atoms with Gasteiger partial charge in [0.05, 0.1) is 12.5 Å². The van der Waals surface area contributed by atoms with Gasteiger partial charge in [-0.1, -0.05) is 23.3 Å². The molecule has 4 nitrogen and oxygen atoms in total. The number of carbonyl (C=O) groups is 1. The molecule has 1 atom stereocenters. The van der Waals surface area contributed by atoms with Gasteiger partial charge >= 0.3 is 5.97 Å². The van der Waals surface area contributed by atoms with Crippen LogP contribution in [-0.4, -0.2) is 30.9 Å². The van der Waals surface area contributed by atoms with Crippen molar-refractivity contribution in [3.8, 4) is 5.75 Å². The van der Waals surface area contributed by atoms with Gasteiger partial charge in [0.25, 0.3) is 0 Å². The monoisotopic (exact) mass is 388 g/mol. The van der Waals surface area contributed by atoms with Crippen LogP contribution in [0.25, 0.3) is 0 Å². The minimum Gasteiger partial charge on any atom is -0.490 e. The van der Waals surface area contributed by atoms with Crippen molar-refractivity contribution >= 4 is 5.97 Å². The fraction of sp³-hybridized carbons (Fsp3) is 0.542. The maximum Gasteiger partial charge on any atom is 0.313 e. The van der Waals surface area contributed by atoms with Crippen LogP contribution < -0.4 is 4.74 Å². The van der Waals surface area contributed by atoms with E-state index in [-0.39, 0.29) is 18.5 Å². The van der Waals surface area contributed by atoms with Crippen LogP contribution in [0, 0.1) is 0 Å². The number of aliphatic hydroxyl groups is 1. The Balaban J connectivity index is 2.79. The van der Waals surface area contributed by atoms with E-state index < -0.39 is 0 Å². The lowest BCUT2D eigenvalue weighted by atomic mass is 9.93. The quantitative estimate of drug-likeness (QED) is 0.387. The second kappa shape index (κ2) is 13.2. The second-order valence-electron chi connectivity index (χ2n) is 7.34. The Kier molecular flexibility index (Phi) is 11.3. The van der Waals surface area contributed by atoms with Crippen molar-refractivity contribution in [2.75, 3.05) is 19.8 Å². The Bertz CT molecular complexity index is 669. The van der Waals surface area contributed by atoms with Gasteiger partial charge in [-0.3, -0.25) is 4.79 Å². The standard InChI is InChI=1S/C24H36O4/c1-6-27-24(26)20(5)23-13-12-22(17-21(23)11-8-15-25)28-16-14-19(4)10-7-9-18(2)3/h9,12-14,17,20,25H,6-8,10-11,15-16H2,1-5H3/b19-14+. The maximum absolute atomic E-state index is 12.1. The highest BCUT2D eigenvalue weighted by Gasteiger charge is 2.20. The third-order valence-electron chi connectivity index (χ3n) is 4.60. The summed E-state index contributed by atoms with van der Waals surface area (Å²) in [5.74, 6) is 0.220. The Morgan fingerprint density at radius 3 is 2.61 bits per heavy atom. The van der Waals surface area contributed by atoms with Crippen LogP contribution in [0.1, 0.15) is 70.9 Å². The van der Waals surface area contributed by atoms with E-state index in [1.807, 2.05) is 32.0 Å². The lowest BCUT2D eigenvalue weighted by molar-refractivity contribution is -0.144. The zero-order chi connectivity index (χ0) is 20.9. The highest BCUT2D eigenvalue weighted by Crippen LogP contribution is 2.27. The third-order valence-corrected chi connectivity index (χ3v) is 4.60. The molecule has 0 spiro atoms. The molecule has 0 aliphatic rings. The van der Waals surface area contributed by atoms with Crippen molar-refractivity contribution in [3.63, 3.8) is 0 Å². The zero-order valence-corrected chi connectivity index (χ0v) is 18.1. The summed E-state index contributed by atoms with van der Waals surface area (Å²) in [6.07, 6.45) is 7.79. The van der Waals surface area contributed by atoms with Crippen LogP contribution in [-0.2, 0) is 16.0 Å². The van der Waals surface area contributed by atoms with Crippen molar-refractivity contribution < 1.29 is 19.4 Å². The SMILES string of the molecule is CCOC(=O)C(C)c1ccc(OC/C=C(\C)CCC=C(C)C)cc1CCCO. The minimum atomic E-state index is -0.333. The summed E-state index contributed by atoms with van der Waals surface area (Å²) in [4.78, 5) is 12.1. The zero-order valence-electron chi connectivity index (χ0n) is 18.1. The summed E-state index contributed by atoms with van der Waals surface area (Å²) < 4.78 is 11.1. The van der Waals surface area contributed by atoms with Crippen LogP contribution in [0.4, 0.5) is 0 Å². The molecular formula is C24H36O4. The fourth-order valence-corrected chi connectivity index (χ4v) is 2.95.